The smallest absolute Gasteiger partial charge is 0.320 e. The Kier molecular flexibility index (Phi) is 5.22. The van der Waals surface area contributed by atoms with Gasteiger partial charge in [-0.3, -0.25) is 9.88 Å². The van der Waals surface area contributed by atoms with Crippen LogP contribution in [0.1, 0.15) is 24.2 Å². The summed E-state index contributed by atoms with van der Waals surface area (Å²) in [7, 11) is -5.58. The van der Waals surface area contributed by atoms with Gasteiger partial charge in [0.15, 0.2) is 0 Å². The predicted octanol–water partition coefficient (Wildman–Crippen LogP) is 2.24. The third kappa shape index (κ3) is 3.59. The van der Waals surface area contributed by atoms with Gasteiger partial charge in [-0.2, -0.15) is 8.78 Å². The largest absolute Gasteiger partial charge is 0.399 e. The first-order chi connectivity index (χ1) is 8.61. The molecule has 0 amide bonds. The number of alkyl halides is 2. The molecule has 0 saturated heterocycles. The topological polar surface area (TPSA) is 95.6 Å². The lowest BCUT2D eigenvalue weighted by molar-refractivity contribution is 0.0557. The lowest BCUT2D eigenvalue weighted by Crippen LogP contribution is -2.28. The maximum atomic E-state index is 13.6. The number of hydrogen-bond acceptors (Lipinski definition) is 3. The summed E-state index contributed by atoms with van der Waals surface area (Å²) in [5.74, 6) is 0. The van der Waals surface area contributed by atoms with Crippen LogP contribution in [0.15, 0.2) is 22.7 Å². The fourth-order valence-electron chi connectivity index (χ4n) is 1.46. The summed E-state index contributed by atoms with van der Waals surface area (Å²) in [5.41, 5.74) is 1.26. The normalized spacial score (nSPS) is 14.5. The highest BCUT2D eigenvalue weighted by atomic mass is 79.9. The van der Waals surface area contributed by atoms with Crippen molar-refractivity contribution in [2.24, 2.45) is 5.73 Å². The van der Waals surface area contributed by atoms with Crippen molar-refractivity contribution in [3.05, 3.63) is 33.8 Å². The molecule has 5 N–H and O–H groups in total. The number of nitrogens with two attached hydrogens (primary N) is 1. The van der Waals surface area contributed by atoms with Crippen LogP contribution in [0.3, 0.4) is 0 Å². The lowest BCUT2D eigenvalue weighted by Gasteiger charge is -2.21. The molecule has 1 rings (SSSR count). The van der Waals surface area contributed by atoms with Gasteiger partial charge in [-0.15, -0.1) is 0 Å². The van der Waals surface area contributed by atoms with Crippen LogP contribution in [-0.4, -0.2) is 16.3 Å². The molecule has 0 aliphatic rings. The van der Waals surface area contributed by atoms with Crippen molar-refractivity contribution >= 4 is 23.5 Å². The molecular formula is C10H14BrF2N2O3P. The molecule has 0 aliphatic heterocycles. The van der Waals surface area contributed by atoms with Crippen molar-refractivity contribution in [3.63, 3.8) is 0 Å². The molecule has 1 aromatic rings. The van der Waals surface area contributed by atoms with Gasteiger partial charge in [0, 0.05) is 10.0 Å². The van der Waals surface area contributed by atoms with Gasteiger partial charge in [-0.1, -0.05) is 35.0 Å². The van der Waals surface area contributed by atoms with Crippen LogP contribution >= 0.6 is 23.5 Å². The predicted molar refractivity (Wildman–Crippen MR) is 70.7 cm³/mol. The molecule has 9 heteroatoms. The Balaban J connectivity index is 3.18. The van der Waals surface area contributed by atoms with E-state index in [-0.39, 0.29) is 4.47 Å². The monoisotopic (exact) mass is 358 g/mol. The van der Waals surface area contributed by atoms with Gasteiger partial charge < -0.3 is 15.5 Å². The third-order valence-electron chi connectivity index (χ3n) is 2.47. The van der Waals surface area contributed by atoms with Gasteiger partial charge >= 0.3 is 13.3 Å². The highest BCUT2D eigenvalue weighted by molar-refractivity contribution is 9.10. The molecule has 108 valence electrons. The zero-order valence-corrected chi connectivity index (χ0v) is 12.5. The van der Waals surface area contributed by atoms with Crippen LogP contribution in [0, 0.1) is 0 Å². The average molecular weight is 359 g/mol. The van der Waals surface area contributed by atoms with Crippen molar-refractivity contribution in [1.82, 2.24) is 5.32 Å². The lowest BCUT2D eigenvalue weighted by atomic mass is 10.1. The van der Waals surface area contributed by atoms with E-state index in [0.29, 0.717) is 12.1 Å². The number of rotatable bonds is 5. The fraction of sp³-hybridized carbons (Fsp3) is 0.400. The summed E-state index contributed by atoms with van der Waals surface area (Å²) in [6.45, 7) is 2.43. The van der Waals surface area contributed by atoms with Crippen LogP contribution in [0.5, 0.6) is 0 Å². The molecule has 1 unspecified atom stereocenters. The molecule has 0 heterocycles. The zero-order chi connectivity index (χ0) is 14.8. The second-order valence-electron chi connectivity index (χ2n) is 3.86. The van der Waals surface area contributed by atoms with Crippen LogP contribution in [0.2, 0.25) is 0 Å². The Hall–Kier alpha value is -0.370. The zero-order valence-electron chi connectivity index (χ0n) is 9.98. The molecule has 5 nitrogen and oxygen atoms in total. The van der Waals surface area contributed by atoms with Crippen molar-refractivity contribution in [2.75, 3.05) is 6.54 Å². The first-order valence-electron chi connectivity index (χ1n) is 5.33. The van der Waals surface area contributed by atoms with Crippen LogP contribution in [0.4, 0.5) is 8.78 Å². The maximum Gasteiger partial charge on any atom is 0.399 e. The van der Waals surface area contributed by atoms with E-state index in [0.717, 1.165) is 6.07 Å². The summed E-state index contributed by atoms with van der Waals surface area (Å²) in [4.78, 5) is 17.4. The number of halogens is 3. The minimum absolute atomic E-state index is 0.105. The fourth-order valence-corrected chi connectivity index (χ4v) is 2.77. The minimum atomic E-state index is -5.58. The quantitative estimate of drug-likeness (QED) is 0.478. The standard InChI is InChI=1S/C10H14BrF2N2O3P/c1-2-15-9(14)6-3-4-7(8(11)5-6)10(12,13)19(16,17)18/h3-5,9,15H,2,14H2,1H3,(H2,16,17,18). The van der Waals surface area contributed by atoms with Crippen molar-refractivity contribution in [1.29, 1.82) is 0 Å². The van der Waals surface area contributed by atoms with Crippen LogP contribution < -0.4 is 11.1 Å². The molecule has 19 heavy (non-hydrogen) atoms. The number of hydrogen-bond donors (Lipinski definition) is 4. The molecule has 0 fully saturated rings. The van der Waals surface area contributed by atoms with Gasteiger partial charge in [0.1, 0.15) is 0 Å². The second-order valence-corrected chi connectivity index (χ2v) is 6.36. The van der Waals surface area contributed by atoms with E-state index in [2.05, 4.69) is 21.2 Å². The minimum Gasteiger partial charge on any atom is -0.320 e. The molecular weight excluding hydrogens is 345 g/mol. The molecule has 0 bridgehead atoms. The van der Waals surface area contributed by atoms with E-state index in [9.17, 15) is 13.3 Å². The summed E-state index contributed by atoms with van der Waals surface area (Å²) in [5, 5.41) is 2.89. The highest BCUT2D eigenvalue weighted by Gasteiger charge is 2.51. The number of benzene rings is 1. The van der Waals surface area contributed by atoms with E-state index in [4.69, 9.17) is 15.5 Å². The van der Waals surface area contributed by atoms with Gasteiger partial charge in [0.05, 0.1) is 6.17 Å². The Labute approximate surface area is 117 Å². The third-order valence-corrected chi connectivity index (χ3v) is 4.09. The van der Waals surface area contributed by atoms with E-state index in [1.54, 1.807) is 0 Å². The molecule has 0 saturated carbocycles. The SMILES string of the molecule is CCNC(N)c1ccc(C(F)(F)P(=O)(O)O)c(Br)c1. The van der Waals surface area contributed by atoms with E-state index in [1.807, 2.05) is 6.92 Å². The first-order valence-corrected chi connectivity index (χ1v) is 7.74. The summed E-state index contributed by atoms with van der Waals surface area (Å²) < 4.78 is 37.8. The molecule has 0 aliphatic carbocycles. The van der Waals surface area contributed by atoms with Crippen LogP contribution in [-0.2, 0) is 10.2 Å². The van der Waals surface area contributed by atoms with Gasteiger partial charge in [-0.05, 0) is 18.2 Å². The molecule has 1 atom stereocenters. The van der Waals surface area contributed by atoms with E-state index in [1.165, 1.54) is 12.1 Å². The number of nitrogens with one attached hydrogen (secondary N) is 1. The first kappa shape index (κ1) is 16.7. The molecule has 0 radical (unpaired) electrons. The van der Waals surface area contributed by atoms with E-state index >= 15 is 0 Å². The summed E-state index contributed by atoms with van der Waals surface area (Å²) >= 11 is 2.89. The van der Waals surface area contributed by atoms with Crippen LogP contribution in [0.25, 0.3) is 0 Å². The van der Waals surface area contributed by atoms with Crippen molar-refractivity contribution < 1.29 is 23.1 Å². The Morgan fingerprint density at radius 3 is 2.53 bits per heavy atom. The Morgan fingerprint density at radius 2 is 2.11 bits per heavy atom. The maximum absolute atomic E-state index is 13.6. The van der Waals surface area contributed by atoms with Gasteiger partial charge in [0.25, 0.3) is 0 Å². The van der Waals surface area contributed by atoms with Crippen molar-refractivity contribution in [2.45, 2.75) is 18.8 Å². The van der Waals surface area contributed by atoms with E-state index < -0.39 is 25.0 Å². The Bertz CT molecular complexity index is 510. The molecule has 0 spiro atoms. The van der Waals surface area contributed by atoms with Crippen molar-refractivity contribution in [3.8, 4) is 0 Å². The highest BCUT2D eigenvalue weighted by Crippen LogP contribution is 2.60. The second kappa shape index (κ2) is 5.95. The summed E-state index contributed by atoms with van der Waals surface area (Å²) in [6.07, 6.45) is -0.543. The summed E-state index contributed by atoms with van der Waals surface area (Å²) in [6, 6.07) is 3.57. The van der Waals surface area contributed by atoms with Gasteiger partial charge in [0.2, 0.25) is 0 Å². The molecule has 1 aromatic carbocycles. The molecule has 0 aromatic heterocycles. The average Bonchev–Trinajstić information content (AvgIpc) is 2.27. The van der Waals surface area contributed by atoms with Gasteiger partial charge in [-0.25, -0.2) is 0 Å². The Morgan fingerprint density at radius 1 is 1.53 bits per heavy atom.